The van der Waals surface area contributed by atoms with Crippen LogP contribution in [0.1, 0.15) is 28.5 Å². The smallest absolute Gasteiger partial charge is 0.330 e. The molecule has 10 nitrogen and oxygen atoms in total. The number of nitrogens with zero attached hydrogens (tertiary/aromatic N) is 1. The number of nitrogens with one attached hydrogen (secondary N) is 1. The number of hydrogen-bond acceptors (Lipinski definition) is 8. The molecular weight excluding hydrogens is 528 g/mol. The van der Waals surface area contributed by atoms with Crippen LogP contribution in [0.25, 0.3) is 0 Å². The third kappa shape index (κ3) is 4.64. The van der Waals surface area contributed by atoms with Gasteiger partial charge in [0, 0.05) is 22.9 Å². The lowest BCUT2D eigenvalue weighted by Crippen LogP contribution is -2.52. The van der Waals surface area contributed by atoms with Gasteiger partial charge in [-0.3, -0.25) is 14.3 Å². The minimum atomic E-state index is -1.62. The molecule has 0 aliphatic carbocycles. The monoisotopic (exact) mass is 560 g/mol. The lowest BCUT2D eigenvalue weighted by atomic mass is 9.63. The summed E-state index contributed by atoms with van der Waals surface area (Å²) in [6.45, 7) is 1.50. The molecule has 0 spiro atoms. The van der Waals surface area contributed by atoms with E-state index in [1.807, 2.05) is 54.6 Å². The van der Waals surface area contributed by atoms with E-state index in [1.54, 1.807) is 24.3 Å². The molecule has 1 saturated heterocycles. The van der Waals surface area contributed by atoms with Gasteiger partial charge in [0.2, 0.25) is 0 Å². The second-order valence-corrected chi connectivity index (χ2v) is 9.97. The molecule has 214 valence electrons. The summed E-state index contributed by atoms with van der Waals surface area (Å²) in [5, 5.41) is 35.0. The summed E-state index contributed by atoms with van der Waals surface area (Å²) in [5.41, 5.74) is -0.921. The summed E-state index contributed by atoms with van der Waals surface area (Å²) in [4.78, 5) is 26.8. The molecule has 1 aromatic heterocycles. The number of benzene rings is 3. The van der Waals surface area contributed by atoms with Gasteiger partial charge in [-0.1, -0.05) is 66.7 Å². The molecule has 41 heavy (non-hydrogen) atoms. The van der Waals surface area contributed by atoms with E-state index in [4.69, 9.17) is 14.2 Å². The number of ether oxygens (including phenoxy) is 3. The largest absolute Gasteiger partial charge is 0.496 e. The van der Waals surface area contributed by atoms with Crippen molar-refractivity contribution in [2.24, 2.45) is 0 Å². The molecule has 0 amide bonds. The SMILES string of the molecule is COc1ccccc1C(c1ccccc1)(c1ccccc1OC)C(O)[C@H]1O[C@@H](n2cc(C)c(=O)[nH]c2=O)[C@H](O)[C@@H]1O. The highest BCUT2D eigenvalue weighted by Gasteiger charge is 2.56. The standard InChI is InChI=1S/C31H32N2O8/c1-18-17-33(30(38)32-28(18)37)29-25(35)24(34)26(41-29)27(36)31(19-11-5-4-6-12-19,20-13-7-9-15-22(20)39-2)21-14-8-10-16-23(21)40-3/h4-17,24-27,29,34-36H,1-3H3,(H,32,37,38)/t24-,25+,26-,27?,29+/m0/s1. The maximum atomic E-state index is 12.7. The number of aromatic nitrogens is 2. The molecule has 1 unspecified atom stereocenters. The van der Waals surface area contributed by atoms with Crippen LogP contribution in [0, 0.1) is 6.92 Å². The normalized spacial score (nSPS) is 21.4. The molecule has 0 bridgehead atoms. The molecule has 4 N–H and O–H groups in total. The molecule has 1 aliphatic rings. The first kappa shape index (κ1) is 28.3. The predicted molar refractivity (Wildman–Crippen MR) is 150 cm³/mol. The Hall–Kier alpha value is -4.22. The highest BCUT2D eigenvalue weighted by Crippen LogP contribution is 2.51. The minimum Gasteiger partial charge on any atom is -0.496 e. The van der Waals surface area contributed by atoms with E-state index in [1.165, 1.54) is 27.3 Å². The highest BCUT2D eigenvalue weighted by molar-refractivity contribution is 5.60. The topological polar surface area (TPSA) is 143 Å². The molecule has 5 rings (SSSR count). The summed E-state index contributed by atoms with van der Waals surface area (Å²) in [6.07, 6.45) is -6.35. The number of aryl methyl sites for hydroxylation is 1. The fourth-order valence-electron chi connectivity index (χ4n) is 5.79. The maximum Gasteiger partial charge on any atom is 0.330 e. The quantitative estimate of drug-likeness (QED) is 0.239. The van der Waals surface area contributed by atoms with Crippen LogP contribution < -0.4 is 20.7 Å². The van der Waals surface area contributed by atoms with Crippen molar-refractivity contribution < 1.29 is 29.5 Å². The maximum absolute atomic E-state index is 12.7. The Labute approximate surface area is 236 Å². The van der Waals surface area contributed by atoms with Crippen LogP contribution in [0.5, 0.6) is 11.5 Å². The number of aromatic amines is 1. The molecule has 0 radical (unpaired) electrons. The Morgan fingerprint density at radius 1 is 0.854 bits per heavy atom. The van der Waals surface area contributed by atoms with Crippen LogP contribution in [-0.4, -0.2) is 63.5 Å². The van der Waals surface area contributed by atoms with Crippen LogP contribution >= 0.6 is 0 Å². The number of para-hydroxylation sites is 2. The van der Waals surface area contributed by atoms with Crippen LogP contribution in [-0.2, 0) is 10.2 Å². The number of aliphatic hydroxyl groups excluding tert-OH is 3. The van der Waals surface area contributed by atoms with Crippen molar-refractivity contribution in [1.29, 1.82) is 0 Å². The van der Waals surface area contributed by atoms with Crippen molar-refractivity contribution in [3.05, 3.63) is 128 Å². The van der Waals surface area contributed by atoms with Crippen LogP contribution in [0.15, 0.2) is 94.6 Å². The highest BCUT2D eigenvalue weighted by atomic mass is 16.6. The van der Waals surface area contributed by atoms with Crippen molar-refractivity contribution >= 4 is 0 Å². The summed E-state index contributed by atoms with van der Waals surface area (Å²) < 4.78 is 18.7. The first-order valence-electron chi connectivity index (χ1n) is 13.1. The molecule has 1 fully saturated rings. The van der Waals surface area contributed by atoms with Crippen molar-refractivity contribution in [2.45, 2.75) is 43.0 Å². The van der Waals surface area contributed by atoms with Gasteiger partial charge in [0.1, 0.15) is 35.9 Å². The zero-order valence-corrected chi connectivity index (χ0v) is 22.8. The van der Waals surface area contributed by atoms with Gasteiger partial charge in [-0.25, -0.2) is 4.79 Å². The Morgan fingerprint density at radius 3 is 1.95 bits per heavy atom. The minimum absolute atomic E-state index is 0.209. The van der Waals surface area contributed by atoms with Gasteiger partial charge in [-0.15, -0.1) is 0 Å². The molecule has 5 atom stereocenters. The summed E-state index contributed by atoms with van der Waals surface area (Å²) in [6, 6.07) is 23.6. The predicted octanol–water partition coefficient (Wildman–Crippen LogP) is 1.88. The number of methoxy groups -OCH3 is 2. The van der Waals surface area contributed by atoms with E-state index in [9.17, 15) is 24.9 Å². The first-order valence-corrected chi connectivity index (χ1v) is 13.1. The van der Waals surface area contributed by atoms with Gasteiger partial charge >= 0.3 is 5.69 Å². The number of H-pyrrole nitrogens is 1. The molecular formula is C31H32N2O8. The summed E-state index contributed by atoms with van der Waals surface area (Å²) in [5.74, 6) is 0.914. The number of aliphatic hydroxyl groups is 3. The Balaban J connectivity index is 1.77. The van der Waals surface area contributed by atoms with Crippen LogP contribution in [0.2, 0.25) is 0 Å². The Kier molecular flexibility index (Phi) is 7.83. The third-order valence-electron chi connectivity index (χ3n) is 7.74. The van der Waals surface area contributed by atoms with Crippen molar-refractivity contribution in [3.8, 4) is 11.5 Å². The first-order chi connectivity index (χ1) is 19.7. The molecule has 10 heteroatoms. The van der Waals surface area contributed by atoms with Crippen LogP contribution in [0.3, 0.4) is 0 Å². The number of hydrogen-bond donors (Lipinski definition) is 4. The second kappa shape index (κ2) is 11.3. The fraction of sp³-hybridized carbons (Fsp3) is 0.290. The van der Waals surface area contributed by atoms with Gasteiger partial charge in [-0.05, 0) is 24.6 Å². The lowest BCUT2D eigenvalue weighted by Gasteiger charge is -2.43. The zero-order valence-electron chi connectivity index (χ0n) is 22.8. The molecule has 2 heterocycles. The second-order valence-electron chi connectivity index (χ2n) is 9.97. The molecule has 4 aromatic rings. The number of rotatable bonds is 8. The van der Waals surface area contributed by atoms with E-state index < -0.39 is 47.3 Å². The van der Waals surface area contributed by atoms with E-state index in [0.717, 1.165) is 4.57 Å². The van der Waals surface area contributed by atoms with Gasteiger partial charge in [0.15, 0.2) is 6.23 Å². The van der Waals surface area contributed by atoms with Crippen molar-refractivity contribution in [1.82, 2.24) is 9.55 Å². The zero-order chi connectivity index (χ0) is 29.3. The Bertz CT molecular complexity index is 1590. The van der Waals surface area contributed by atoms with E-state index in [0.29, 0.717) is 28.2 Å². The summed E-state index contributed by atoms with van der Waals surface area (Å²) >= 11 is 0. The van der Waals surface area contributed by atoms with Gasteiger partial charge in [-0.2, -0.15) is 0 Å². The van der Waals surface area contributed by atoms with E-state index in [2.05, 4.69) is 4.98 Å². The van der Waals surface area contributed by atoms with Gasteiger partial charge in [0.25, 0.3) is 5.56 Å². The van der Waals surface area contributed by atoms with E-state index >= 15 is 0 Å². The van der Waals surface area contributed by atoms with Gasteiger partial charge < -0.3 is 29.5 Å². The third-order valence-corrected chi connectivity index (χ3v) is 7.74. The molecule has 0 saturated carbocycles. The van der Waals surface area contributed by atoms with Crippen molar-refractivity contribution in [3.63, 3.8) is 0 Å². The van der Waals surface area contributed by atoms with E-state index in [-0.39, 0.29) is 5.56 Å². The van der Waals surface area contributed by atoms with Gasteiger partial charge in [0.05, 0.1) is 19.6 Å². The molecule has 3 aromatic carbocycles. The average Bonchev–Trinajstić information content (AvgIpc) is 3.29. The summed E-state index contributed by atoms with van der Waals surface area (Å²) in [7, 11) is 3.05. The van der Waals surface area contributed by atoms with Crippen molar-refractivity contribution in [2.75, 3.05) is 14.2 Å². The fourth-order valence-corrected chi connectivity index (χ4v) is 5.79. The average molecular weight is 561 g/mol. The molecule has 1 aliphatic heterocycles. The van der Waals surface area contributed by atoms with Crippen LogP contribution in [0.4, 0.5) is 0 Å². The lowest BCUT2D eigenvalue weighted by molar-refractivity contribution is -0.0996. The Morgan fingerprint density at radius 2 is 1.39 bits per heavy atom.